The third kappa shape index (κ3) is 3.52. The predicted molar refractivity (Wildman–Crippen MR) is 179 cm³/mol. The van der Waals surface area contributed by atoms with Crippen LogP contribution in [0.1, 0.15) is 0 Å². The molecule has 0 bridgehead atoms. The molecule has 0 spiro atoms. The maximum Gasteiger partial charge on any atom is 0.0547 e. The largest absolute Gasteiger partial charge is 0.309 e. The Labute approximate surface area is 248 Å². The maximum absolute atomic E-state index is 2.39. The van der Waals surface area contributed by atoms with Gasteiger partial charge in [0, 0.05) is 31.6 Å². The van der Waals surface area contributed by atoms with Gasteiger partial charge in [0.2, 0.25) is 0 Å². The summed E-state index contributed by atoms with van der Waals surface area (Å²) in [5.41, 5.74) is 11.2. The fraction of sp³-hybridized carbons (Fsp3) is 0. The van der Waals surface area contributed by atoms with Crippen molar-refractivity contribution in [3.05, 3.63) is 152 Å². The van der Waals surface area contributed by atoms with Crippen molar-refractivity contribution in [1.82, 2.24) is 4.57 Å². The van der Waals surface area contributed by atoms with Crippen molar-refractivity contribution in [3.63, 3.8) is 0 Å². The molecule has 0 saturated carbocycles. The highest BCUT2D eigenvalue weighted by molar-refractivity contribution is 7.99. The van der Waals surface area contributed by atoms with E-state index >= 15 is 0 Å². The molecule has 0 aliphatic carbocycles. The number of para-hydroxylation sites is 2. The van der Waals surface area contributed by atoms with Crippen LogP contribution in [0.15, 0.2) is 161 Å². The Bertz CT molecular complexity index is 2320. The number of fused-ring (bicyclic) bond motifs is 5. The van der Waals surface area contributed by atoms with Crippen LogP contribution in [0.3, 0.4) is 0 Å². The molecule has 8 aromatic rings. The van der Waals surface area contributed by atoms with Crippen LogP contribution in [0.5, 0.6) is 0 Å². The highest BCUT2D eigenvalue weighted by Gasteiger charge is 2.20. The molecule has 0 fully saturated rings. The second kappa shape index (κ2) is 9.24. The van der Waals surface area contributed by atoms with Gasteiger partial charge >= 0.3 is 0 Å². The fourth-order valence-corrected chi connectivity index (χ4v) is 7.84. The molecule has 2 heterocycles. The number of nitrogens with zero attached hydrogens (tertiary/aromatic N) is 1. The Morgan fingerprint density at radius 2 is 1.07 bits per heavy atom. The van der Waals surface area contributed by atoms with Gasteiger partial charge in [0.25, 0.3) is 0 Å². The number of benzene rings is 7. The molecular weight excluding hydrogens is 527 g/mol. The normalized spacial score (nSPS) is 12.2. The Kier molecular flexibility index (Phi) is 5.20. The minimum absolute atomic E-state index is 1.18. The average Bonchev–Trinajstić information content (AvgIpc) is 3.39. The van der Waals surface area contributed by atoms with Gasteiger partial charge in [0.05, 0.1) is 11.0 Å². The number of aromatic nitrogens is 1. The summed E-state index contributed by atoms with van der Waals surface area (Å²) in [7, 11) is 0. The molecular formula is C40H25NS. The van der Waals surface area contributed by atoms with Gasteiger partial charge in [-0.1, -0.05) is 121 Å². The number of rotatable bonds is 3. The van der Waals surface area contributed by atoms with Crippen LogP contribution < -0.4 is 0 Å². The second-order valence-electron chi connectivity index (χ2n) is 10.9. The number of hydrogen-bond acceptors (Lipinski definition) is 1. The molecule has 7 aromatic carbocycles. The van der Waals surface area contributed by atoms with Crippen molar-refractivity contribution in [2.75, 3.05) is 0 Å². The molecule has 2 heteroatoms. The van der Waals surface area contributed by atoms with E-state index < -0.39 is 0 Å². The van der Waals surface area contributed by atoms with Crippen molar-refractivity contribution >= 4 is 44.3 Å². The molecule has 0 radical (unpaired) electrons. The zero-order valence-electron chi connectivity index (χ0n) is 22.8. The summed E-state index contributed by atoms with van der Waals surface area (Å²) in [6.45, 7) is 0. The van der Waals surface area contributed by atoms with Crippen molar-refractivity contribution in [2.24, 2.45) is 0 Å². The van der Waals surface area contributed by atoms with Crippen LogP contribution in [0.4, 0.5) is 0 Å². The SMILES string of the molecule is c1ccc(-n2c3ccccc3c3ccc(-c4ccccc4-c4ccc5c(c4)-c4cccc6cccc(c46)S5)cc32)cc1. The summed E-state index contributed by atoms with van der Waals surface area (Å²) < 4.78 is 2.39. The highest BCUT2D eigenvalue weighted by atomic mass is 32.2. The van der Waals surface area contributed by atoms with E-state index in [0.717, 1.165) is 0 Å². The van der Waals surface area contributed by atoms with Crippen LogP contribution in [0, 0.1) is 0 Å². The molecule has 9 rings (SSSR count). The Morgan fingerprint density at radius 1 is 0.405 bits per heavy atom. The lowest BCUT2D eigenvalue weighted by molar-refractivity contribution is 1.18. The van der Waals surface area contributed by atoms with E-state index in [1.807, 2.05) is 11.8 Å². The van der Waals surface area contributed by atoms with Gasteiger partial charge in [0.15, 0.2) is 0 Å². The third-order valence-corrected chi connectivity index (χ3v) is 9.73. The molecule has 196 valence electrons. The first-order valence-electron chi connectivity index (χ1n) is 14.4. The van der Waals surface area contributed by atoms with Gasteiger partial charge in [-0.05, 0) is 81.2 Å². The zero-order valence-corrected chi connectivity index (χ0v) is 23.6. The summed E-state index contributed by atoms with van der Waals surface area (Å²) in [5.74, 6) is 0. The van der Waals surface area contributed by atoms with Crippen molar-refractivity contribution in [2.45, 2.75) is 9.79 Å². The summed E-state index contributed by atoms with van der Waals surface area (Å²) >= 11 is 1.88. The quantitative estimate of drug-likeness (QED) is 0.211. The Balaban J connectivity index is 1.24. The van der Waals surface area contributed by atoms with E-state index in [2.05, 4.69) is 156 Å². The van der Waals surface area contributed by atoms with Gasteiger partial charge in [-0.2, -0.15) is 0 Å². The van der Waals surface area contributed by atoms with Crippen molar-refractivity contribution in [1.29, 1.82) is 0 Å². The Hall–Kier alpha value is -5.05. The van der Waals surface area contributed by atoms with Crippen LogP contribution in [0.2, 0.25) is 0 Å². The van der Waals surface area contributed by atoms with E-state index in [0.29, 0.717) is 0 Å². The predicted octanol–water partition coefficient (Wildman–Crippen LogP) is 11.4. The minimum Gasteiger partial charge on any atom is -0.309 e. The van der Waals surface area contributed by atoms with Gasteiger partial charge in [-0.3, -0.25) is 0 Å². The van der Waals surface area contributed by atoms with Gasteiger partial charge < -0.3 is 4.57 Å². The fourth-order valence-electron chi connectivity index (χ4n) is 6.71. The van der Waals surface area contributed by atoms with E-state index in [1.54, 1.807) is 0 Å². The standard InChI is InChI=1S/C40H25NS/c1-2-12-29(13-3-1)41-36-18-7-6-16-32(36)33-22-20-28(25-37(33)41)31-15-5-4-14-30(31)27-21-23-38-35(24-27)34-17-8-10-26-11-9-19-39(42-38)40(26)34/h1-25H. The molecule has 1 nitrogen and oxygen atoms in total. The summed E-state index contributed by atoms with van der Waals surface area (Å²) in [6.07, 6.45) is 0. The van der Waals surface area contributed by atoms with Crippen molar-refractivity contribution < 1.29 is 0 Å². The van der Waals surface area contributed by atoms with Gasteiger partial charge in [-0.25, -0.2) is 0 Å². The van der Waals surface area contributed by atoms with Gasteiger partial charge in [-0.15, -0.1) is 0 Å². The Morgan fingerprint density at radius 3 is 1.93 bits per heavy atom. The van der Waals surface area contributed by atoms with Crippen LogP contribution in [-0.2, 0) is 0 Å². The van der Waals surface area contributed by atoms with Crippen molar-refractivity contribution in [3.8, 4) is 39.1 Å². The smallest absolute Gasteiger partial charge is 0.0547 e. The lowest BCUT2D eigenvalue weighted by Gasteiger charge is -2.21. The molecule has 0 amide bonds. The van der Waals surface area contributed by atoms with Gasteiger partial charge in [0.1, 0.15) is 0 Å². The number of hydrogen-bond donors (Lipinski definition) is 0. The molecule has 1 aromatic heterocycles. The first-order valence-corrected chi connectivity index (χ1v) is 15.2. The maximum atomic E-state index is 2.39. The van der Waals surface area contributed by atoms with E-state index in [1.165, 1.54) is 81.4 Å². The first-order chi connectivity index (χ1) is 20.8. The zero-order chi connectivity index (χ0) is 27.6. The third-order valence-electron chi connectivity index (χ3n) is 8.59. The molecule has 0 unspecified atom stereocenters. The monoisotopic (exact) mass is 551 g/mol. The van der Waals surface area contributed by atoms with E-state index in [4.69, 9.17) is 0 Å². The van der Waals surface area contributed by atoms with Crippen LogP contribution in [-0.4, -0.2) is 4.57 Å². The lowest BCUT2D eigenvalue weighted by Crippen LogP contribution is -1.94. The van der Waals surface area contributed by atoms with E-state index in [-0.39, 0.29) is 0 Å². The topological polar surface area (TPSA) is 4.93 Å². The summed E-state index contributed by atoms with van der Waals surface area (Å²) in [6, 6.07) is 55.5. The van der Waals surface area contributed by atoms with E-state index in [9.17, 15) is 0 Å². The minimum atomic E-state index is 1.18. The lowest BCUT2D eigenvalue weighted by atomic mass is 9.91. The average molecular weight is 552 g/mol. The molecule has 0 N–H and O–H groups in total. The van der Waals surface area contributed by atoms with Crippen LogP contribution in [0.25, 0.3) is 71.6 Å². The highest BCUT2D eigenvalue weighted by Crippen LogP contribution is 2.49. The molecule has 42 heavy (non-hydrogen) atoms. The summed E-state index contributed by atoms with van der Waals surface area (Å²) in [4.78, 5) is 2.65. The molecule has 1 aliphatic rings. The molecule has 1 aliphatic heterocycles. The first kappa shape index (κ1) is 23.6. The second-order valence-corrected chi connectivity index (χ2v) is 12.0. The molecule has 0 saturated heterocycles. The van der Waals surface area contributed by atoms with Crippen LogP contribution >= 0.6 is 11.8 Å². The summed E-state index contributed by atoms with van der Waals surface area (Å²) in [5, 5.41) is 5.21. The molecule has 0 atom stereocenters.